The number of hydrogen-bond donors (Lipinski definition) is 2. The Labute approximate surface area is 158 Å². The molecule has 1 fully saturated rings. The molecule has 3 N–H and O–H groups in total. The van der Waals surface area contributed by atoms with Crippen LogP contribution in [0.5, 0.6) is 0 Å². The van der Waals surface area contributed by atoms with Gasteiger partial charge in [0.1, 0.15) is 5.76 Å². The van der Waals surface area contributed by atoms with Crippen molar-refractivity contribution in [1.82, 2.24) is 35.6 Å². The van der Waals surface area contributed by atoms with E-state index in [2.05, 4.69) is 40.7 Å². The Balaban J connectivity index is 1.59. The van der Waals surface area contributed by atoms with Crippen molar-refractivity contribution in [2.75, 3.05) is 32.0 Å². The molecule has 1 amide bonds. The van der Waals surface area contributed by atoms with Gasteiger partial charge in [-0.25, -0.2) is 10.1 Å². The Morgan fingerprint density at radius 2 is 2.21 bits per heavy atom. The molecule has 0 atom stereocenters. The summed E-state index contributed by atoms with van der Waals surface area (Å²) in [6.45, 7) is 2.99. The van der Waals surface area contributed by atoms with Crippen molar-refractivity contribution in [2.24, 2.45) is 5.10 Å². The first-order chi connectivity index (χ1) is 13.7. The number of nitrogen functional groups attached to an aromatic ring is 1. The van der Waals surface area contributed by atoms with Gasteiger partial charge in [0.05, 0.1) is 31.4 Å². The molecule has 0 saturated carbocycles. The van der Waals surface area contributed by atoms with E-state index in [1.807, 2.05) is 0 Å². The number of anilines is 1. The lowest BCUT2D eigenvalue weighted by Gasteiger charge is -2.26. The molecule has 0 aliphatic carbocycles. The lowest BCUT2D eigenvalue weighted by molar-refractivity contribution is 0.0332. The molecule has 1 saturated heterocycles. The van der Waals surface area contributed by atoms with E-state index in [4.69, 9.17) is 14.9 Å². The number of ether oxygens (including phenoxy) is 1. The Morgan fingerprint density at radius 3 is 2.93 bits per heavy atom. The third-order valence-corrected chi connectivity index (χ3v) is 4.05. The largest absolute Gasteiger partial charge is 0.463 e. The molecule has 3 aromatic heterocycles. The van der Waals surface area contributed by atoms with Crippen LogP contribution >= 0.6 is 0 Å². The molecular weight excluding hydrogens is 370 g/mol. The molecule has 4 rings (SSSR count). The fraction of sp³-hybridized carbons (Fsp3) is 0.333. The van der Waals surface area contributed by atoms with Gasteiger partial charge in [-0.05, 0) is 22.4 Å². The molecule has 1 aliphatic heterocycles. The first kappa shape index (κ1) is 17.8. The smallest absolute Gasteiger partial charge is 0.293 e. The van der Waals surface area contributed by atoms with Crippen LogP contribution in [0, 0.1) is 0 Å². The van der Waals surface area contributed by atoms with E-state index in [9.17, 15) is 4.79 Å². The molecule has 28 heavy (non-hydrogen) atoms. The van der Waals surface area contributed by atoms with E-state index in [0.29, 0.717) is 44.3 Å². The molecule has 0 spiro atoms. The normalized spacial score (nSPS) is 15.3. The monoisotopic (exact) mass is 387 g/mol. The standard InChI is InChI=1S/C15H17N9O4/c16-13-14(21-28-20-13)24-11(9-23-3-6-26-7-4-23)12(18-22-24)15(25)19-17-8-10-2-1-5-27-10/h1-2,5,8H,3-4,6-7,9H2,(H2,16,20)(H,19,25). The van der Waals surface area contributed by atoms with Crippen molar-refractivity contribution in [1.29, 1.82) is 0 Å². The Kier molecular flexibility index (Phi) is 5.07. The minimum absolute atomic E-state index is 0.0379. The summed E-state index contributed by atoms with van der Waals surface area (Å²) < 4.78 is 16.5. The number of nitrogens with two attached hydrogens (primary N) is 1. The van der Waals surface area contributed by atoms with Crippen LogP contribution in [0.1, 0.15) is 21.9 Å². The first-order valence-corrected chi connectivity index (χ1v) is 8.42. The second-order valence-electron chi connectivity index (χ2n) is 5.87. The fourth-order valence-electron chi connectivity index (χ4n) is 2.67. The third-order valence-electron chi connectivity index (χ3n) is 4.05. The lowest BCUT2D eigenvalue weighted by atomic mass is 10.2. The lowest BCUT2D eigenvalue weighted by Crippen LogP contribution is -2.37. The van der Waals surface area contributed by atoms with E-state index in [0.717, 1.165) is 0 Å². The van der Waals surface area contributed by atoms with Crippen LogP contribution in [-0.2, 0) is 11.3 Å². The maximum absolute atomic E-state index is 12.6. The van der Waals surface area contributed by atoms with Gasteiger partial charge in [0.25, 0.3) is 5.91 Å². The zero-order valence-electron chi connectivity index (χ0n) is 14.7. The van der Waals surface area contributed by atoms with Crippen LogP contribution in [0.25, 0.3) is 5.82 Å². The maximum atomic E-state index is 12.6. The Morgan fingerprint density at radius 1 is 1.36 bits per heavy atom. The quantitative estimate of drug-likeness (QED) is 0.413. The third kappa shape index (κ3) is 3.74. The van der Waals surface area contributed by atoms with E-state index >= 15 is 0 Å². The highest BCUT2D eigenvalue weighted by atomic mass is 16.6. The van der Waals surface area contributed by atoms with Crippen LogP contribution in [0.4, 0.5) is 5.82 Å². The number of nitrogens with one attached hydrogen (secondary N) is 1. The number of hydrogen-bond acceptors (Lipinski definition) is 11. The van der Waals surface area contributed by atoms with E-state index < -0.39 is 5.91 Å². The van der Waals surface area contributed by atoms with Crippen molar-refractivity contribution in [3.63, 3.8) is 0 Å². The summed E-state index contributed by atoms with van der Waals surface area (Å²) in [6, 6.07) is 3.42. The summed E-state index contributed by atoms with van der Waals surface area (Å²) in [7, 11) is 0. The molecule has 0 aromatic carbocycles. The van der Waals surface area contributed by atoms with Gasteiger partial charge in [-0.2, -0.15) is 9.78 Å². The van der Waals surface area contributed by atoms with Gasteiger partial charge < -0.3 is 14.9 Å². The van der Waals surface area contributed by atoms with Crippen LogP contribution in [0.2, 0.25) is 0 Å². The number of carbonyl (C=O) groups excluding carboxylic acids is 1. The molecule has 13 nitrogen and oxygen atoms in total. The van der Waals surface area contributed by atoms with Gasteiger partial charge in [0.2, 0.25) is 11.6 Å². The maximum Gasteiger partial charge on any atom is 0.293 e. The number of furan rings is 1. The minimum atomic E-state index is -0.535. The fourth-order valence-corrected chi connectivity index (χ4v) is 2.67. The SMILES string of the molecule is Nc1nonc1-n1nnc(C(=O)NN=Cc2ccco2)c1CN1CCOCC1. The van der Waals surface area contributed by atoms with Crippen LogP contribution in [0.15, 0.2) is 32.5 Å². The molecule has 146 valence electrons. The minimum Gasteiger partial charge on any atom is -0.463 e. The van der Waals surface area contributed by atoms with E-state index in [1.165, 1.54) is 17.2 Å². The van der Waals surface area contributed by atoms with Crippen molar-refractivity contribution in [2.45, 2.75) is 6.54 Å². The topological polar surface area (TPSA) is 163 Å². The van der Waals surface area contributed by atoms with Gasteiger partial charge in [0, 0.05) is 19.6 Å². The zero-order valence-corrected chi connectivity index (χ0v) is 14.7. The predicted molar refractivity (Wildman–Crippen MR) is 93.5 cm³/mol. The van der Waals surface area contributed by atoms with Gasteiger partial charge in [0.15, 0.2) is 5.69 Å². The molecular formula is C15H17N9O4. The van der Waals surface area contributed by atoms with Gasteiger partial charge in [-0.3, -0.25) is 9.69 Å². The molecule has 1 aliphatic rings. The number of morpholine rings is 1. The predicted octanol–water partition coefficient (Wildman–Crippen LogP) is -0.578. The number of aromatic nitrogens is 5. The summed E-state index contributed by atoms with van der Waals surface area (Å²) in [4.78, 5) is 14.7. The highest BCUT2D eigenvalue weighted by Gasteiger charge is 2.26. The highest BCUT2D eigenvalue weighted by molar-refractivity contribution is 5.94. The zero-order chi connectivity index (χ0) is 19.3. The molecule has 0 bridgehead atoms. The Bertz CT molecular complexity index is 956. The first-order valence-electron chi connectivity index (χ1n) is 8.42. The van der Waals surface area contributed by atoms with Gasteiger partial charge >= 0.3 is 0 Å². The summed E-state index contributed by atoms with van der Waals surface area (Å²) in [5.74, 6) is 0.163. The number of amides is 1. The van der Waals surface area contributed by atoms with Crippen molar-refractivity contribution in [3.8, 4) is 5.82 Å². The Hall–Kier alpha value is -3.58. The molecule has 4 heterocycles. The average molecular weight is 387 g/mol. The number of rotatable bonds is 6. The van der Waals surface area contributed by atoms with Gasteiger partial charge in [-0.1, -0.05) is 5.21 Å². The van der Waals surface area contributed by atoms with E-state index in [-0.39, 0.29) is 17.3 Å². The summed E-state index contributed by atoms with van der Waals surface area (Å²) in [5.41, 5.74) is 8.75. The van der Waals surface area contributed by atoms with Crippen molar-refractivity contribution in [3.05, 3.63) is 35.5 Å². The highest BCUT2D eigenvalue weighted by Crippen LogP contribution is 2.18. The molecule has 3 aromatic rings. The number of hydrazone groups is 1. The number of carbonyl (C=O) groups is 1. The van der Waals surface area contributed by atoms with Crippen LogP contribution in [-0.4, -0.2) is 68.6 Å². The van der Waals surface area contributed by atoms with Crippen LogP contribution in [0.3, 0.4) is 0 Å². The molecule has 0 unspecified atom stereocenters. The van der Waals surface area contributed by atoms with Crippen molar-refractivity contribution >= 4 is 17.9 Å². The summed E-state index contributed by atoms with van der Waals surface area (Å²) in [6.07, 6.45) is 2.88. The molecule has 13 heteroatoms. The van der Waals surface area contributed by atoms with Gasteiger partial charge in [-0.15, -0.1) is 5.10 Å². The second-order valence-corrected chi connectivity index (χ2v) is 5.87. The summed E-state index contributed by atoms with van der Waals surface area (Å²) >= 11 is 0. The summed E-state index contributed by atoms with van der Waals surface area (Å²) in [5, 5.41) is 19.1. The number of nitrogens with zero attached hydrogens (tertiary/aromatic N) is 7. The van der Waals surface area contributed by atoms with E-state index in [1.54, 1.807) is 12.1 Å². The van der Waals surface area contributed by atoms with Crippen molar-refractivity contribution < 1.29 is 18.6 Å². The average Bonchev–Trinajstić information content (AvgIpc) is 3.44. The molecule has 0 radical (unpaired) electrons. The second kappa shape index (κ2) is 7.98. The van der Waals surface area contributed by atoms with Crippen LogP contribution < -0.4 is 11.2 Å².